The van der Waals surface area contributed by atoms with Crippen molar-refractivity contribution in [1.82, 2.24) is 4.90 Å². The van der Waals surface area contributed by atoms with Gasteiger partial charge in [0, 0.05) is 12.3 Å². The van der Waals surface area contributed by atoms with Gasteiger partial charge in [-0.05, 0) is 88.9 Å². The molecule has 2 N–H and O–H groups in total. The third kappa shape index (κ3) is 6.56. The number of hydrogen-bond acceptors (Lipinski definition) is 3. The number of likely N-dealkylation sites (tertiary alicyclic amines) is 1. The highest BCUT2D eigenvalue weighted by atomic mass is 16.3. The van der Waals surface area contributed by atoms with Crippen molar-refractivity contribution in [2.75, 3.05) is 19.6 Å². The molecule has 5 atom stereocenters. The molecule has 176 valence electrons. The first-order valence-corrected chi connectivity index (χ1v) is 13.1. The minimum Gasteiger partial charge on any atom is -0.392 e. The number of allylic oxidation sites excluding steroid dienone is 2. The number of aliphatic hydroxyl groups is 2. The normalized spacial score (nSPS) is 29.4. The van der Waals surface area contributed by atoms with Gasteiger partial charge in [0.2, 0.25) is 0 Å². The molecule has 2 aliphatic carbocycles. The predicted molar refractivity (Wildman–Crippen MR) is 133 cm³/mol. The van der Waals surface area contributed by atoms with E-state index in [2.05, 4.69) is 42.2 Å². The first-order chi connectivity index (χ1) is 15.6. The molecule has 1 aliphatic heterocycles. The Kier molecular flexibility index (Phi) is 8.62. The molecule has 0 spiro atoms. The van der Waals surface area contributed by atoms with Crippen molar-refractivity contribution in [2.45, 2.75) is 83.3 Å². The van der Waals surface area contributed by atoms with Crippen molar-refractivity contribution in [3.05, 3.63) is 59.2 Å². The van der Waals surface area contributed by atoms with Gasteiger partial charge in [-0.1, -0.05) is 66.5 Å². The zero-order valence-electron chi connectivity index (χ0n) is 20.0. The average Bonchev–Trinajstić information content (AvgIpc) is 3.29. The Morgan fingerprint density at radius 3 is 2.78 bits per heavy atom. The van der Waals surface area contributed by atoms with Crippen LogP contribution >= 0.6 is 0 Å². The Morgan fingerprint density at radius 1 is 1.12 bits per heavy atom. The Morgan fingerprint density at radius 2 is 1.97 bits per heavy atom. The first-order valence-electron chi connectivity index (χ1n) is 13.1. The summed E-state index contributed by atoms with van der Waals surface area (Å²) in [5.41, 5.74) is 4.00. The number of nitrogens with zero attached hydrogens (tertiary/aromatic N) is 1. The van der Waals surface area contributed by atoms with Crippen molar-refractivity contribution < 1.29 is 10.2 Å². The molecule has 1 saturated heterocycles. The van der Waals surface area contributed by atoms with Crippen molar-refractivity contribution in [3.8, 4) is 0 Å². The van der Waals surface area contributed by atoms with E-state index in [1.165, 1.54) is 70.1 Å². The lowest BCUT2D eigenvalue weighted by atomic mass is 9.88. The van der Waals surface area contributed by atoms with E-state index in [4.69, 9.17) is 0 Å². The van der Waals surface area contributed by atoms with E-state index in [0.29, 0.717) is 18.3 Å². The SMILES string of the molecule is Cc1cccc(C[C@@H](O)/C=C/[C@@H]2[C@H]3CC(CCCCCN4CCCCC4)=C[C@H]3C[C@H]2O)c1. The molecule has 1 heterocycles. The zero-order valence-corrected chi connectivity index (χ0v) is 20.0. The van der Waals surface area contributed by atoms with Crippen LogP contribution in [0.4, 0.5) is 0 Å². The smallest absolute Gasteiger partial charge is 0.0761 e. The third-order valence-electron chi connectivity index (χ3n) is 7.95. The van der Waals surface area contributed by atoms with Crippen molar-refractivity contribution >= 4 is 0 Å². The van der Waals surface area contributed by atoms with Crippen LogP contribution < -0.4 is 0 Å². The van der Waals surface area contributed by atoms with Crippen LogP contribution in [-0.2, 0) is 6.42 Å². The van der Waals surface area contributed by atoms with Gasteiger partial charge in [0.1, 0.15) is 0 Å². The maximum Gasteiger partial charge on any atom is 0.0761 e. The van der Waals surface area contributed by atoms with Gasteiger partial charge >= 0.3 is 0 Å². The molecule has 1 aromatic rings. The predicted octanol–water partition coefficient (Wildman–Crippen LogP) is 5.44. The molecule has 4 rings (SSSR count). The van der Waals surface area contributed by atoms with Crippen molar-refractivity contribution in [3.63, 3.8) is 0 Å². The minimum atomic E-state index is -0.489. The number of unbranched alkanes of at least 4 members (excludes halogenated alkanes) is 2. The summed E-state index contributed by atoms with van der Waals surface area (Å²) in [6, 6.07) is 8.34. The monoisotopic (exact) mass is 437 g/mol. The lowest BCUT2D eigenvalue weighted by Gasteiger charge is -2.26. The highest BCUT2D eigenvalue weighted by Crippen LogP contribution is 2.48. The number of benzene rings is 1. The third-order valence-corrected chi connectivity index (χ3v) is 7.95. The second kappa shape index (κ2) is 11.6. The Bertz CT molecular complexity index is 779. The Labute approximate surface area is 195 Å². The van der Waals surface area contributed by atoms with Gasteiger partial charge in [-0.15, -0.1) is 0 Å². The average molecular weight is 438 g/mol. The molecule has 0 aromatic heterocycles. The van der Waals surface area contributed by atoms with Crippen LogP contribution in [0.3, 0.4) is 0 Å². The van der Waals surface area contributed by atoms with E-state index in [0.717, 1.165) is 18.4 Å². The molecule has 1 saturated carbocycles. The van der Waals surface area contributed by atoms with Crippen LogP contribution in [0.15, 0.2) is 48.1 Å². The van der Waals surface area contributed by atoms with Gasteiger partial charge in [0.05, 0.1) is 12.2 Å². The fourth-order valence-electron chi connectivity index (χ4n) is 6.24. The topological polar surface area (TPSA) is 43.7 Å². The largest absolute Gasteiger partial charge is 0.392 e. The van der Waals surface area contributed by atoms with E-state index in [-0.39, 0.29) is 12.0 Å². The second-order valence-corrected chi connectivity index (χ2v) is 10.6. The van der Waals surface area contributed by atoms with E-state index < -0.39 is 6.10 Å². The lowest BCUT2D eigenvalue weighted by Crippen LogP contribution is -2.30. The number of piperidine rings is 1. The number of hydrogen-bond donors (Lipinski definition) is 2. The summed E-state index contributed by atoms with van der Waals surface area (Å²) in [6.45, 7) is 5.99. The zero-order chi connectivity index (χ0) is 22.3. The lowest BCUT2D eigenvalue weighted by molar-refractivity contribution is 0.140. The molecule has 3 nitrogen and oxygen atoms in total. The molecule has 0 unspecified atom stereocenters. The van der Waals surface area contributed by atoms with Crippen LogP contribution in [0, 0.1) is 24.7 Å². The summed E-state index contributed by atoms with van der Waals surface area (Å²) in [5, 5.41) is 21.1. The molecule has 3 heteroatoms. The van der Waals surface area contributed by atoms with Gasteiger partial charge in [0.25, 0.3) is 0 Å². The van der Waals surface area contributed by atoms with Gasteiger partial charge in [-0.2, -0.15) is 0 Å². The number of rotatable bonds is 10. The van der Waals surface area contributed by atoms with Crippen LogP contribution in [0.1, 0.15) is 68.9 Å². The standard InChI is InChI=1S/C29H43NO2/c1-22-9-8-11-23(17-22)19-26(31)12-13-27-28-20-24(18-25(28)21-29(27)32)10-4-2-5-14-30-15-6-3-7-16-30/h8-9,11-13,17-18,25-29,31-32H,2-7,10,14-16,19-21H2,1H3/b13-12+/t25-,26-,27+,28-,29+/m0/s1. The van der Waals surface area contributed by atoms with Crippen molar-refractivity contribution in [2.24, 2.45) is 17.8 Å². The maximum atomic E-state index is 10.6. The van der Waals surface area contributed by atoms with E-state index in [1.807, 2.05) is 12.1 Å². The van der Waals surface area contributed by atoms with Crippen LogP contribution in [0.25, 0.3) is 0 Å². The highest BCUT2D eigenvalue weighted by Gasteiger charge is 2.43. The maximum absolute atomic E-state index is 10.6. The van der Waals surface area contributed by atoms with E-state index >= 15 is 0 Å². The van der Waals surface area contributed by atoms with Crippen LogP contribution in [-0.4, -0.2) is 47.0 Å². The summed E-state index contributed by atoms with van der Waals surface area (Å²) in [4.78, 5) is 2.65. The summed E-state index contributed by atoms with van der Waals surface area (Å²) in [7, 11) is 0. The molecule has 2 fully saturated rings. The molecule has 32 heavy (non-hydrogen) atoms. The molecular formula is C29H43NO2. The molecule has 1 aromatic carbocycles. The fourth-order valence-corrected chi connectivity index (χ4v) is 6.24. The van der Waals surface area contributed by atoms with Crippen LogP contribution in [0.2, 0.25) is 0 Å². The molecule has 0 bridgehead atoms. The van der Waals surface area contributed by atoms with Gasteiger partial charge in [0.15, 0.2) is 0 Å². The number of fused-ring (bicyclic) bond motifs is 1. The molecule has 0 amide bonds. The van der Waals surface area contributed by atoms with Crippen molar-refractivity contribution in [1.29, 1.82) is 0 Å². The Balaban J connectivity index is 1.19. The Hall–Kier alpha value is -1.42. The molecular weight excluding hydrogens is 394 g/mol. The fraction of sp³-hybridized carbons (Fsp3) is 0.655. The quantitative estimate of drug-likeness (QED) is 0.378. The summed E-state index contributed by atoms with van der Waals surface area (Å²) in [6.07, 6.45) is 17.8. The number of aryl methyl sites for hydroxylation is 1. The number of aliphatic hydroxyl groups excluding tert-OH is 2. The van der Waals surface area contributed by atoms with E-state index in [9.17, 15) is 10.2 Å². The van der Waals surface area contributed by atoms with E-state index in [1.54, 1.807) is 5.57 Å². The molecule has 3 aliphatic rings. The van der Waals surface area contributed by atoms with Gasteiger partial charge in [-0.3, -0.25) is 0 Å². The minimum absolute atomic E-state index is 0.181. The van der Waals surface area contributed by atoms with Crippen LogP contribution in [0.5, 0.6) is 0 Å². The second-order valence-electron chi connectivity index (χ2n) is 10.6. The van der Waals surface area contributed by atoms with Gasteiger partial charge in [-0.25, -0.2) is 0 Å². The molecule has 0 radical (unpaired) electrons. The summed E-state index contributed by atoms with van der Waals surface area (Å²) in [5.74, 6) is 1.23. The summed E-state index contributed by atoms with van der Waals surface area (Å²) >= 11 is 0. The first kappa shape index (κ1) is 23.7. The summed E-state index contributed by atoms with van der Waals surface area (Å²) < 4.78 is 0. The van der Waals surface area contributed by atoms with Gasteiger partial charge < -0.3 is 15.1 Å². The highest BCUT2D eigenvalue weighted by molar-refractivity contribution is 5.24.